The van der Waals surface area contributed by atoms with E-state index in [2.05, 4.69) is 5.92 Å². The highest BCUT2D eigenvalue weighted by Crippen LogP contribution is 2.34. The van der Waals surface area contributed by atoms with Crippen molar-refractivity contribution >= 4 is 5.97 Å². The summed E-state index contributed by atoms with van der Waals surface area (Å²) in [5, 5.41) is 8.75. The average Bonchev–Trinajstić information content (AvgIpc) is 2.27. The molecule has 0 heterocycles. The Hall–Kier alpha value is -2.16. The van der Waals surface area contributed by atoms with Gasteiger partial charge in [0.15, 0.2) is 6.10 Å². The number of hydrogen-bond donors (Lipinski definition) is 1. The molecule has 0 spiro atoms. The van der Waals surface area contributed by atoms with Crippen LogP contribution in [0, 0.1) is 12.3 Å². The van der Waals surface area contributed by atoms with Crippen molar-refractivity contribution < 1.29 is 27.8 Å². The van der Waals surface area contributed by atoms with E-state index in [4.69, 9.17) is 16.3 Å². The highest BCUT2D eigenvalue weighted by Gasteiger charge is 2.35. The van der Waals surface area contributed by atoms with Crippen LogP contribution in [0.3, 0.4) is 0 Å². The summed E-state index contributed by atoms with van der Waals surface area (Å²) in [6, 6.07) is 2.49. The molecule has 0 radical (unpaired) electrons. The minimum absolute atomic E-state index is 0.0224. The van der Waals surface area contributed by atoms with E-state index in [-0.39, 0.29) is 5.75 Å². The van der Waals surface area contributed by atoms with Gasteiger partial charge in [0, 0.05) is 0 Å². The maximum Gasteiger partial charge on any atom is 0.417 e. The van der Waals surface area contributed by atoms with Crippen molar-refractivity contribution in [1.82, 2.24) is 0 Å². The number of terminal acetylenes is 1. The third-order valence-electron chi connectivity index (χ3n) is 2.07. The second-order valence-electron chi connectivity index (χ2n) is 3.44. The number of rotatable bonds is 3. The lowest BCUT2D eigenvalue weighted by Crippen LogP contribution is -2.14. The lowest BCUT2D eigenvalue weighted by atomic mass is 10.1. The van der Waals surface area contributed by atoms with E-state index in [1.807, 2.05) is 0 Å². The fraction of sp³-hybridized carbons (Fsp3) is 0.250. The van der Waals surface area contributed by atoms with Crippen LogP contribution < -0.4 is 4.74 Å². The summed E-state index contributed by atoms with van der Waals surface area (Å²) in [4.78, 5) is 10.8. The number of halogens is 3. The number of carboxylic acids is 1. The van der Waals surface area contributed by atoms with Gasteiger partial charge >= 0.3 is 12.1 Å². The first-order valence-electron chi connectivity index (χ1n) is 4.83. The number of carboxylic acid groups (broad SMARTS) is 1. The zero-order valence-electron chi connectivity index (χ0n) is 9.28. The molecule has 1 aromatic rings. The number of alkyl halides is 3. The lowest BCUT2D eigenvalue weighted by Gasteiger charge is -2.13. The molecule has 1 unspecified atom stereocenters. The second-order valence-corrected chi connectivity index (χ2v) is 3.44. The monoisotopic (exact) mass is 258 g/mol. The zero-order valence-corrected chi connectivity index (χ0v) is 9.28. The summed E-state index contributed by atoms with van der Waals surface area (Å²) in [5.74, 6) is 0.513. The van der Waals surface area contributed by atoms with Crippen LogP contribution in [0.4, 0.5) is 13.2 Å². The predicted octanol–water partition coefficient (Wildman–Crippen LogP) is 2.80. The molecule has 3 nitrogen and oxygen atoms in total. The molecule has 1 atom stereocenters. The number of aromatic carboxylic acids is 1. The van der Waals surface area contributed by atoms with Gasteiger partial charge in [-0.3, -0.25) is 0 Å². The summed E-state index contributed by atoms with van der Waals surface area (Å²) >= 11 is 0. The second kappa shape index (κ2) is 5.00. The number of benzene rings is 1. The van der Waals surface area contributed by atoms with Gasteiger partial charge in [-0.25, -0.2) is 4.79 Å². The van der Waals surface area contributed by atoms with E-state index in [9.17, 15) is 18.0 Å². The van der Waals surface area contributed by atoms with Crippen molar-refractivity contribution in [2.75, 3.05) is 0 Å². The molecule has 0 aromatic heterocycles. The molecule has 0 fully saturated rings. The van der Waals surface area contributed by atoms with Gasteiger partial charge in [0.1, 0.15) is 5.75 Å². The Bertz CT molecular complexity index is 500. The maximum absolute atomic E-state index is 12.5. The van der Waals surface area contributed by atoms with Crippen molar-refractivity contribution in [2.45, 2.75) is 19.2 Å². The van der Waals surface area contributed by atoms with Crippen LogP contribution in [0.2, 0.25) is 0 Å². The molecule has 1 N–H and O–H groups in total. The molecule has 0 amide bonds. The topological polar surface area (TPSA) is 46.5 Å². The molecule has 0 aliphatic carbocycles. The van der Waals surface area contributed by atoms with Crippen molar-refractivity contribution in [1.29, 1.82) is 0 Å². The maximum atomic E-state index is 12.5. The first-order valence-corrected chi connectivity index (χ1v) is 4.83. The average molecular weight is 258 g/mol. The molecular weight excluding hydrogens is 249 g/mol. The standard InChI is InChI=1S/C12H9F3O3/c1-3-7(2)18-8-4-5-10(12(13,14)15)9(6-8)11(16)17/h1,4-7H,2H3,(H,16,17). The smallest absolute Gasteiger partial charge is 0.417 e. The molecule has 0 aliphatic rings. The van der Waals surface area contributed by atoms with E-state index < -0.39 is 29.4 Å². The molecule has 1 rings (SSSR count). The Kier molecular flexibility index (Phi) is 3.86. The van der Waals surface area contributed by atoms with Crippen LogP contribution in [0.25, 0.3) is 0 Å². The van der Waals surface area contributed by atoms with Crippen molar-refractivity contribution in [3.63, 3.8) is 0 Å². The zero-order chi connectivity index (χ0) is 13.9. The fourth-order valence-electron chi connectivity index (χ4n) is 1.26. The number of carbonyl (C=O) groups is 1. The minimum atomic E-state index is -4.73. The summed E-state index contributed by atoms with van der Waals surface area (Å²) < 4.78 is 42.7. The van der Waals surface area contributed by atoms with Crippen LogP contribution in [0.15, 0.2) is 18.2 Å². The third kappa shape index (κ3) is 3.17. The Morgan fingerprint density at radius 1 is 1.50 bits per heavy atom. The molecule has 0 saturated carbocycles. The molecule has 96 valence electrons. The SMILES string of the molecule is C#CC(C)Oc1ccc(C(F)(F)F)c(C(=O)O)c1. The highest BCUT2D eigenvalue weighted by molar-refractivity contribution is 5.90. The van der Waals surface area contributed by atoms with Crippen LogP contribution in [-0.4, -0.2) is 17.2 Å². The van der Waals surface area contributed by atoms with Gasteiger partial charge in [0.05, 0.1) is 11.1 Å². The van der Waals surface area contributed by atoms with Crippen molar-refractivity contribution in [3.8, 4) is 18.1 Å². The van der Waals surface area contributed by atoms with E-state index in [0.29, 0.717) is 6.07 Å². The lowest BCUT2D eigenvalue weighted by molar-refractivity contribution is -0.138. The van der Waals surface area contributed by atoms with E-state index >= 15 is 0 Å². The normalized spacial score (nSPS) is 12.6. The number of ether oxygens (including phenoxy) is 1. The number of hydrogen-bond acceptors (Lipinski definition) is 2. The van der Waals surface area contributed by atoms with Gasteiger partial charge in [-0.2, -0.15) is 13.2 Å². The Labute approximate surface area is 101 Å². The molecular formula is C12H9F3O3. The van der Waals surface area contributed by atoms with Crippen molar-refractivity contribution in [3.05, 3.63) is 29.3 Å². The Balaban J connectivity index is 3.21. The van der Waals surface area contributed by atoms with Gasteiger partial charge in [-0.15, -0.1) is 6.42 Å². The predicted molar refractivity (Wildman–Crippen MR) is 57.3 cm³/mol. The summed E-state index contributed by atoms with van der Waals surface area (Å²) in [6.45, 7) is 1.51. The molecule has 0 aliphatic heterocycles. The fourth-order valence-corrected chi connectivity index (χ4v) is 1.26. The first-order chi connectivity index (χ1) is 8.25. The minimum Gasteiger partial charge on any atom is -0.478 e. The quantitative estimate of drug-likeness (QED) is 0.848. The van der Waals surface area contributed by atoms with Gasteiger partial charge in [0.25, 0.3) is 0 Å². The first kappa shape index (κ1) is 13.9. The molecule has 0 saturated heterocycles. The highest BCUT2D eigenvalue weighted by atomic mass is 19.4. The van der Waals surface area contributed by atoms with Gasteiger partial charge in [0.2, 0.25) is 0 Å². The van der Waals surface area contributed by atoms with E-state index in [0.717, 1.165) is 12.1 Å². The largest absolute Gasteiger partial charge is 0.478 e. The van der Waals surface area contributed by atoms with Crippen molar-refractivity contribution in [2.24, 2.45) is 0 Å². The molecule has 6 heteroatoms. The van der Waals surface area contributed by atoms with Gasteiger partial charge in [-0.05, 0) is 25.1 Å². The summed E-state index contributed by atoms with van der Waals surface area (Å²) in [6.07, 6.45) is -0.350. The van der Waals surface area contributed by atoms with Crippen LogP contribution in [0.5, 0.6) is 5.75 Å². The Morgan fingerprint density at radius 3 is 2.56 bits per heavy atom. The van der Waals surface area contributed by atoms with Crippen LogP contribution >= 0.6 is 0 Å². The van der Waals surface area contributed by atoms with Crippen LogP contribution in [-0.2, 0) is 6.18 Å². The summed E-state index contributed by atoms with van der Waals surface area (Å²) in [7, 11) is 0. The van der Waals surface area contributed by atoms with Crippen LogP contribution in [0.1, 0.15) is 22.8 Å². The van der Waals surface area contributed by atoms with Gasteiger partial charge < -0.3 is 9.84 Å². The van der Waals surface area contributed by atoms with Gasteiger partial charge in [-0.1, -0.05) is 5.92 Å². The molecule has 1 aromatic carbocycles. The third-order valence-corrected chi connectivity index (χ3v) is 2.07. The molecule has 0 bridgehead atoms. The van der Waals surface area contributed by atoms with E-state index in [1.165, 1.54) is 6.92 Å². The Morgan fingerprint density at radius 2 is 2.11 bits per heavy atom. The van der Waals surface area contributed by atoms with E-state index in [1.54, 1.807) is 0 Å². The molecule has 18 heavy (non-hydrogen) atoms. The summed E-state index contributed by atoms with van der Waals surface area (Å²) in [5.41, 5.74) is -2.10.